The van der Waals surface area contributed by atoms with Crippen molar-refractivity contribution in [1.29, 1.82) is 0 Å². The van der Waals surface area contributed by atoms with Gasteiger partial charge in [0.05, 0.1) is 0 Å². The monoisotopic (exact) mass is 374 g/mol. The molecule has 1 radical (unpaired) electrons. The second-order valence-electron chi connectivity index (χ2n) is 8.62. The van der Waals surface area contributed by atoms with E-state index in [1.807, 2.05) is 40.8 Å². The number of carbonyl (C=O) groups is 1. The zero-order chi connectivity index (χ0) is 19.9. The van der Waals surface area contributed by atoms with E-state index in [0.29, 0.717) is 0 Å². The maximum absolute atomic E-state index is 13.1. The van der Waals surface area contributed by atoms with E-state index in [0.717, 1.165) is 42.8 Å². The van der Waals surface area contributed by atoms with Crippen molar-refractivity contribution >= 4 is 22.5 Å². The fraction of sp³-hybridized carbons (Fsp3) is 0.375. The van der Waals surface area contributed by atoms with Crippen molar-refractivity contribution < 1.29 is 4.79 Å². The van der Waals surface area contributed by atoms with Crippen LogP contribution in [0.3, 0.4) is 0 Å². The van der Waals surface area contributed by atoms with Gasteiger partial charge in [-0.05, 0) is 41.3 Å². The van der Waals surface area contributed by atoms with Gasteiger partial charge in [0.1, 0.15) is 5.69 Å². The van der Waals surface area contributed by atoms with Crippen LogP contribution in [0.5, 0.6) is 0 Å². The highest BCUT2D eigenvalue weighted by Gasteiger charge is 2.27. The summed E-state index contributed by atoms with van der Waals surface area (Å²) in [6.07, 6.45) is 0. The van der Waals surface area contributed by atoms with E-state index >= 15 is 0 Å². The summed E-state index contributed by atoms with van der Waals surface area (Å²) in [5, 5.41) is 1.06. The summed E-state index contributed by atoms with van der Waals surface area (Å²) < 4.78 is 1.99. The summed E-state index contributed by atoms with van der Waals surface area (Å²) in [5.41, 5.74) is 4.57. The molecule has 0 unspecified atom stereocenters. The van der Waals surface area contributed by atoms with E-state index in [4.69, 9.17) is 0 Å². The van der Waals surface area contributed by atoms with E-state index in [1.54, 1.807) is 0 Å². The average Bonchev–Trinajstić information content (AvgIpc) is 3.04. The van der Waals surface area contributed by atoms with Gasteiger partial charge in [-0.2, -0.15) is 0 Å². The Morgan fingerprint density at radius 2 is 1.75 bits per heavy atom. The van der Waals surface area contributed by atoms with Crippen molar-refractivity contribution in [3.63, 3.8) is 0 Å². The quantitative estimate of drug-likeness (QED) is 0.671. The Bertz CT molecular complexity index is 1000. The Kier molecular flexibility index (Phi) is 4.66. The lowest BCUT2D eigenvalue weighted by Gasteiger charge is -2.38. The molecule has 1 aliphatic rings. The first-order valence-corrected chi connectivity index (χ1v) is 9.95. The van der Waals surface area contributed by atoms with E-state index < -0.39 is 0 Å². The molecule has 4 heteroatoms. The summed E-state index contributed by atoms with van der Waals surface area (Å²) in [5.74, 6) is 0.113. The summed E-state index contributed by atoms with van der Waals surface area (Å²) in [6, 6.07) is 19.6. The third-order valence-corrected chi connectivity index (χ3v) is 5.73. The van der Waals surface area contributed by atoms with Crippen LogP contribution in [0.4, 0.5) is 5.69 Å². The maximum Gasteiger partial charge on any atom is 0.270 e. The van der Waals surface area contributed by atoms with Gasteiger partial charge < -0.3 is 14.4 Å². The van der Waals surface area contributed by atoms with E-state index in [-0.39, 0.29) is 11.3 Å². The number of nitrogens with zero attached hydrogens (tertiary/aromatic N) is 3. The lowest BCUT2D eigenvalue weighted by Crippen LogP contribution is -2.49. The Morgan fingerprint density at radius 3 is 2.43 bits per heavy atom. The molecule has 4 rings (SSSR count). The average molecular weight is 375 g/mol. The summed E-state index contributed by atoms with van der Waals surface area (Å²) in [7, 11) is 1.96. The zero-order valence-corrected chi connectivity index (χ0v) is 17.2. The van der Waals surface area contributed by atoms with Gasteiger partial charge in [-0.15, -0.1) is 0 Å². The molecule has 28 heavy (non-hydrogen) atoms. The van der Waals surface area contributed by atoms with Crippen LogP contribution < -0.4 is 4.90 Å². The number of hydrogen-bond donors (Lipinski definition) is 0. The lowest BCUT2D eigenvalue weighted by atomic mass is 9.85. The molecule has 145 valence electrons. The van der Waals surface area contributed by atoms with Gasteiger partial charge in [-0.3, -0.25) is 4.79 Å². The minimum Gasteiger partial charge on any atom is -0.368 e. The van der Waals surface area contributed by atoms with Gasteiger partial charge >= 0.3 is 0 Å². The minimum atomic E-state index is 0.101. The number of piperazine rings is 1. The number of aryl methyl sites for hydroxylation is 1. The first-order chi connectivity index (χ1) is 13.4. The molecule has 0 N–H and O–H groups in total. The molecule has 1 amide bonds. The number of rotatable bonds is 2. The van der Waals surface area contributed by atoms with Gasteiger partial charge in [0, 0.05) is 49.8 Å². The molecule has 1 fully saturated rings. The highest BCUT2D eigenvalue weighted by Crippen LogP contribution is 2.32. The molecule has 2 heterocycles. The first-order valence-electron chi connectivity index (χ1n) is 9.95. The number of benzene rings is 2. The fourth-order valence-corrected chi connectivity index (χ4v) is 4.13. The van der Waals surface area contributed by atoms with Gasteiger partial charge in [-0.1, -0.05) is 45.0 Å². The van der Waals surface area contributed by atoms with Crippen molar-refractivity contribution in [1.82, 2.24) is 9.47 Å². The van der Waals surface area contributed by atoms with E-state index in [9.17, 15) is 4.79 Å². The summed E-state index contributed by atoms with van der Waals surface area (Å²) >= 11 is 0. The second-order valence-corrected chi connectivity index (χ2v) is 8.62. The molecule has 4 nitrogen and oxygen atoms in total. The SMILES string of the molecule is Cn1c(C(=O)N2CCN(c3ccccc3C(C)(C)C)CC2)cc2c[c]ccc21. The number of para-hydroxylation sites is 1. The topological polar surface area (TPSA) is 28.5 Å². The van der Waals surface area contributed by atoms with Crippen molar-refractivity contribution in [2.45, 2.75) is 26.2 Å². The van der Waals surface area contributed by atoms with Crippen molar-refractivity contribution in [2.24, 2.45) is 7.05 Å². The van der Waals surface area contributed by atoms with Crippen LogP contribution in [0, 0.1) is 6.07 Å². The third-order valence-electron chi connectivity index (χ3n) is 5.73. The van der Waals surface area contributed by atoms with Crippen LogP contribution in [0.25, 0.3) is 10.9 Å². The molecule has 0 saturated carbocycles. The number of aromatic nitrogens is 1. The predicted molar refractivity (Wildman–Crippen MR) is 115 cm³/mol. The van der Waals surface area contributed by atoms with Crippen LogP contribution >= 0.6 is 0 Å². The molecule has 1 aliphatic heterocycles. The molecule has 0 bridgehead atoms. The fourth-order valence-electron chi connectivity index (χ4n) is 4.13. The molecular formula is C24H28N3O. The van der Waals surface area contributed by atoms with Crippen LogP contribution in [0.2, 0.25) is 0 Å². The van der Waals surface area contributed by atoms with Gasteiger partial charge in [-0.25, -0.2) is 0 Å². The van der Waals surface area contributed by atoms with Gasteiger partial charge in [0.2, 0.25) is 0 Å². The van der Waals surface area contributed by atoms with Crippen LogP contribution in [-0.2, 0) is 12.5 Å². The number of fused-ring (bicyclic) bond motifs is 1. The predicted octanol–water partition coefficient (Wildman–Crippen LogP) is 4.24. The molecule has 1 aromatic heterocycles. The number of anilines is 1. The molecule has 2 aromatic carbocycles. The standard InChI is InChI=1S/C24H28N3O/c1-24(2,3)19-10-6-8-12-21(19)26-13-15-27(16-14-26)23(28)22-17-18-9-5-7-11-20(18)25(22)4/h6-12,17H,13-16H2,1-4H3. The molecule has 0 spiro atoms. The molecule has 1 saturated heterocycles. The Balaban J connectivity index is 1.52. The van der Waals surface area contributed by atoms with Crippen molar-refractivity contribution in [3.05, 3.63) is 65.9 Å². The van der Waals surface area contributed by atoms with Crippen LogP contribution in [0.1, 0.15) is 36.8 Å². The molecule has 0 atom stereocenters. The van der Waals surface area contributed by atoms with Crippen LogP contribution in [-0.4, -0.2) is 41.6 Å². The number of carbonyl (C=O) groups excluding carboxylic acids is 1. The largest absolute Gasteiger partial charge is 0.368 e. The van der Waals surface area contributed by atoms with Gasteiger partial charge in [0.25, 0.3) is 5.91 Å². The summed E-state index contributed by atoms with van der Waals surface area (Å²) in [4.78, 5) is 17.5. The lowest BCUT2D eigenvalue weighted by molar-refractivity contribution is 0.0737. The Hall–Kier alpha value is -2.75. The van der Waals surface area contributed by atoms with Crippen LogP contribution in [0.15, 0.2) is 48.5 Å². The Morgan fingerprint density at radius 1 is 1.04 bits per heavy atom. The Labute approximate surface area is 167 Å². The first kappa shape index (κ1) is 18.6. The summed E-state index contributed by atoms with van der Waals surface area (Å²) in [6.45, 7) is 9.96. The zero-order valence-electron chi connectivity index (χ0n) is 17.2. The maximum atomic E-state index is 13.1. The van der Waals surface area contributed by atoms with Gasteiger partial charge in [0.15, 0.2) is 0 Å². The second kappa shape index (κ2) is 7.01. The van der Waals surface area contributed by atoms with Crippen molar-refractivity contribution in [3.8, 4) is 0 Å². The highest BCUT2D eigenvalue weighted by molar-refractivity contribution is 5.98. The molecular weight excluding hydrogens is 346 g/mol. The molecule has 0 aliphatic carbocycles. The smallest absolute Gasteiger partial charge is 0.270 e. The molecule has 3 aromatic rings. The third kappa shape index (κ3) is 3.28. The van der Waals surface area contributed by atoms with E-state index in [1.165, 1.54) is 11.3 Å². The van der Waals surface area contributed by atoms with Crippen molar-refractivity contribution in [2.75, 3.05) is 31.1 Å². The number of hydrogen-bond acceptors (Lipinski definition) is 2. The highest BCUT2D eigenvalue weighted by atomic mass is 16.2. The van der Waals surface area contributed by atoms with E-state index in [2.05, 4.69) is 56.0 Å². The number of amides is 1. The normalized spacial score (nSPS) is 15.3. The minimum absolute atomic E-state index is 0.101.